The highest BCUT2D eigenvalue weighted by Gasteiger charge is 2.49. The maximum absolute atomic E-state index is 13.7. The molecular formula is C26H28ClFN4O4. The molecule has 0 bridgehead atoms. The minimum absolute atomic E-state index is 0.0398. The Kier molecular flexibility index (Phi) is 5.80. The first kappa shape index (κ1) is 23.5. The van der Waals surface area contributed by atoms with Crippen molar-refractivity contribution in [3.8, 4) is 5.75 Å². The molecule has 0 spiro atoms. The minimum Gasteiger partial charge on any atom is -0.502 e. The van der Waals surface area contributed by atoms with Crippen molar-refractivity contribution in [3.05, 3.63) is 61.8 Å². The van der Waals surface area contributed by atoms with Crippen molar-refractivity contribution < 1.29 is 19.1 Å². The number of benzene rings is 1. The van der Waals surface area contributed by atoms with Crippen LogP contribution >= 0.6 is 11.6 Å². The number of halogens is 2. The van der Waals surface area contributed by atoms with Crippen LogP contribution in [0.15, 0.2) is 23.0 Å². The summed E-state index contributed by atoms with van der Waals surface area (Å²) in [5, 5.41) is 10.9. The molecule has 1 aromatic heterocycles. The van der Waals surface area contributed by atoms with Crippen molar-refractivity contribution in [2.75, 3.05) is 32.7 Å². The van der Waals surface area contributed by atoms with Crippen LogP contribution in [-0.2, 0) is 13.0 Å². The van der Waals surface area contributed by atoms with E-state index in [1.807, 2.05) is 0 Å². The quantitative estimate of drug-likeness (QED) is 0.640. The summed E-state index contributed by atoms with van der Waals surface area (Å²) in [6.07, 6.45) is 4.09. The fourth-order valence-electron chi connectivity index (χ4n) is 5.95. The number of pyridine rings is 1. The van der Waals surface area contributed by atoms with Crippen molar-refractivity contribution in [3.63, 3.8) is 0 Å². The molecule has 8 nitrogen and oxygen atoms in total. The standard InChI is InChI=1S/C26H28ClFN4O4/c27-18-13-15(3-6-19(18)28)14-30-10-7-17-20(24(30)34)22(33)26(36)32-21(17)25(35)31(23(32)16-4-5-16)12-11-29-8-1-2-9-29/h3,6,13,16,23,33H,1-2,4-5,7-12,14H2. The van der Waals surface area contributed by atoms with Gasteiger partial charge in [0.2, 0.25) is 0 Å². The van der Waals surface area contributed by atoms with Gasteiger partial charge in [-0.25, -0.2) is 4.39 Å². The van der Waals surface area contributed by atoms with Crippen LogP contribution in [0.25, 0.3) is 0 Å². The van der Waals surface area contributed by atoms with Gasteiger partial charge < -0.3 is 19.8 Å². The van der Waals surface area contributed by atoms with Crippen LogP contribution in [0.1, 0.15) is 63.8 Å². The lowest BCUT2D eigenvalue weighted by Crippen LogP contribution is -2.40. The Morgan fingerprint density at radius 2 is 1.78 bits per heavy atom. The zero-order chi connectivity index (χ0) is 25.1. The second-order valence-corrected chi connectivity index (χ2v) is 10.7. The smallest absolute Gasteiger partial charge is 0.295 e. The van der Waals surface area contributed by atoms with E-state index >= 15 is 0 Å². The van der Waals surface area contributed by atoms with Crippen molar-refractivity contribution in [2.45, 2.75) is 44.8 Å². The average molecular weight is 515 g/mol. The molecular weight excluding hydrogens is 487 g/mol. The molecule has 10 heteroatoms. The average Bonchev–Trinajstić information content (AvgIpc) is 3.47. The Morgan fingerprint density at radius 3 is 2.47 bits per heavy atom. The number of hydrogen-bond donors (Lipinski definition) is 1. The number of nitrogens with zero attached hydrogens (tertiary/aromatic N) is 4. The summed E-state index contributed by atoms with van der Waals surface area (Å²) in [7, 11) is 0. The maximum Gasteiger partial charge on any atom is 0.295 e. The van der Waals surface area contributed by atoms with Crippen molar-refractivity contribution in [1.29, 1.82) is 0 Å². The van der Waals surface area contributed by atoms with Gasteiger partial charge in [-0.1, -0.05) is 17.7 Å². The van der Waals surface area contributed by atoms with Gasteiger partial charge in [0.15, 0.2) is 5.75 Å². The van der Waals surface area contributed by atoms with E-state index in [0.29, 0.717) is 30.6 Å². The van der Waals surface area contributed by atoms with E-state index in [-0.39, 0.29) is 34.6 Å². The van der Waals surface area contributed by atoms with Crippen LogP contribution in [0, 0.1) is 11.7 Å². The molecule has 2 amide bonds. The first-order valence-corrected chi connectivity index (χ1v) is 13.0. The summed E-state index contributed by atoms with van der Waals surface area (Å²) < 4.78 is 15.0. The van der Waals surface area contributed by atoms with Gasteiger partial charge in [-0.2, -0.15) is 0 Å². The van der Waals surface area contributed by atoms with Crippen LogP contribution in [0.5, 0.6) is 5.75 Å². The van der Waals surface area contributed by atoms with Gasteiger partial charge in [0.25, 0.3) is 17.4 Å². The van der Waals surface area contributed by atoms with E-state index < -0.39 is 29.2 Å². The predicted octanol–water partition coefficient (Wildman–Crippen LogP) is 3.01. The molecule has 190 valence electrons. The molecule has 1 aromatic carbocycles. The predicted molar refractivity (Wildman–Crippen MR) is 131 cm³/mol. The molecule has 4 heterocycles. The van der Waals surface area contributed by atoms with Gasteiger partial charge in [-0.3, -0.25) is 19.0 Å². The third kappa shape index (κ3) is 3.80. The second-order valence-electron chi connectivity index (χ2n) is 10.2. The molecule has 2 fully saturated rings. The van der Waals surface area contributed by atoms with Gasteiger partial charge in [0, 0.05) is 31.7 Å². The van der Waals surface area contributed by atoms with E-state index in [2.05, 4.69) is 4.90 Å². The van der Waals surface area contributed by atoms with Crippen LogP contribution in [0.3, 0.4) is 0 Å². The molecule has 36 heavy (non-hydrogen) atoms. The van der Waals surface area contributed by atoms with Crippen LogP contribution in [0.4, 0.5) is 4.39 Å². The first-order valence-electron chi connectivity index (χ1n) is 12.6. The maximum atomic E-state index is 13.7. The van der Waals surface area contributed by atoms with Gasteiger partial charge >= 0.3 is 0 Å². The zero-order valence-corrected chi connectivity index (χ0v) is 20.6. The van der Waals surface area contributed by atoms with E-state index in [1.165, 1.54) is 21.6 Å². The third-order valence-electron chi connectivity index (χ3n) is 7.92. The third-order valence-corrected chi connectivity index (χ3v) is 8.21. The molecule has 1 saturated carbocycles. The summed E-state index contributed by atoms with van der Waals surface area (Å²) in [5.74, 6) is -1.70. The second kappa shape index (κ2) is 8.88. The summed E-state index contributed by atoms with van der Waals surface area (Å²) in [5.41, 5.74) is 0.565. The fourth-order valence-corrected chi connectivity index (χ4v) is 6.15. The van der Waals surface area contributed by atoms with Crippen molar-refractivity contribution in [1.82, 2.24) is 19.3 Å². The molecule has 1 unspecified atom stereocenters. The van der Waals surface area contributed by atoms with E-state index in [1.54, 1.807) is 11.0 Å². The number of hydrogen-bond acceptors (Lipinski definition) is 5. The lowest BCUT2D eigenvalue weighted by atomic mass is 9.95. The molecule has 1 aliphatic carbocycles. The first-order chi connectivity index (χ1) is 17.3. The summed E-state index contributed by atoms with van der Waals surface area (Å²) in [4.78, 5) is 46.2. The highest BCUT2D eigenvalue weighted by molar-refractivity contribution is 6.30. The molecule has 1 atom stereocenters. The number of amides is 2. The fraction of sp³-hybridized carbons (Fsp3) is 0.500. The number of likely N-dealkylation sites (tertiary alicyclic amines) is 1. The largest absolute Gasteiger partial charge is 0.502 e. The van der Waals surface area contributed by atoms with Gasteiger partial charge in [0.1, 0.15) is 17.7 Å². The zero-order valence-electron chi connectivity index (χ0n) is 19.9. The van der Waals surface area contributed by atoms with Crippen LogP contribution < -0.4 is 5.56 Å². The molecule has 2 aromatic rings. The Labute approximate surface area is 212 Å². The van der Waals surface area contributed by atoms with Crippen molar-refractivity contribution >= 4 is 23.4 Å². The molecule has 4 aliphatic rings. The Balaban J connectivity index is 1.34. The lowest BCUT2D eigenvalue weighted by Gasteiger charge is -2.30. The van der Waals surface area contributed by atoms with Gasteiger partial charge in [0.05, 0.1) is 10.6 Å². The van der Waals surface area contributed by atoms with Crippen LogP contribution in [0.2, 0.25) is 5.02 Å². The summed E-state index contributed by atoms with van der Waals surface area (Å²) in [6.45, 7) is 3.75. The number of fused-ring (bicyclic) bond motifs is 3. The van der Waals surface area contributed by atoms with Crippen LogP contribution in [-0.4, -0.2) is 68.9 Å². The molecule has 3 aliphatic heterocycles. The monoisotopic (exact) mass is 514 g/mol. The Morgan fingerprint density at radius 1 is 1.03 bits per heavy atom. The van der Waals surface area contributed by atoms with Gasteiger partial charge in [-0.05, 0) is 68.8 Å². The number of aromatic nitrogens is 1. The Hall–Kier alpha value is -2.91. The number of rotatable bonds is 6. The summed E-state index contributed by atoms with van der Waals surface area (Å²) in [6, 6.07) is 4.24. The molecule has 1 saturated heterocycles. The highest BCUT2D eigenvalue weighted by atomic mass is 35.5. The molecule has 0 radical (unpaired) electrons. The number of carbonyl (C=O) groups is 2. The van der Waals surface area contributed by atoms with E-state index in [9.17, 15) is 23.9 Å². The van der Waals surface area contributed by atoms with Gasteiger partial charge in [-0.15, -0.1) is 0 Å². The van der Waals surface area contributed by atoms with E-state index in [0.717, 1.165) is 45.3 Å². The molecule has 1 N–H and O–H groups in total. The number of carbonyl (C=O) groups excluding carboxylic acids is 2. The lowest BCUT2D eigenvalue weighted by molar-refractivity contribution is 0.0641. The molecule has 6 rings (SSSR count). The topological polar surface area (TPSA) is 86.1 Å². The Bertz CT molecular complexity index is 1320. The summed E-state index contributed by atoms with van der Waals surface area (Å²) >= 11 is 5.89. The van der Waals surface area contributed by atoms with E-state index in [4.69, 9.17) is 11.6 Å². The highest BCUT2D eigenvalue weighted by Crippen LogP contribution is 2.46. The van der Waals surface area contributed by atoms with Crippen molar-refractivity contribution in [2.24, 2.45) is 5.92 Å². The normalized spacial score (nSPS) is 21.9. The number of aromatic hydroxyl groups is 1. The minimum atomic E-state index is -0.683. The SMILES string of the molecule is O=C1c2c(c3n(c(=O)c2O)C(C2CC2)N(CCN2CCCC2)C3=O)CCN1Cc1ccc(F)c(Cl)c1.